The minimum Gasteiger partial charge on any atom is -0.310 e. The van der Waals surface area contributed by atoms with Crippen LogP contribution in [-0.4, -0.2) is 11.7 Å². The maximum Gasteiger partial charge on any atom is 0.417 e. The van der Waals surface area contributed by atoms with Crippen molar-refractivity contribution < 1.29 is 35.7 Å². The zero-order valence-corrected chi connectivity index (χ0v) is 15.0. The van der Waals surface area contributed by atoms with Gasteiger partial charge in [-0.25, -0.2) is 0 Å². The van der Waals surface area contributed by atoms with Crippen LogP contribution in [0.1, 0.15) is 34.8 Å². The highest BCUT2D eigenvalue weighted by atomic mass is 31.2. The fourth-order valence-corrected chi connectivity index (χ4v) is 5.35. The zero-order chi connectivity index (χ0) is 20.5. The van der Waals surface area contributed by atoms with E-state index in [1.807, 2.05) is 0 Å². The molecule has 0 aliphatic heterocycles. The van der Waals surface area contributed by atoms with Gasteiger partial charge in [0.25, 0.3) is 0 Å². The lowest BCUT2D eigenvalue weighted by molar-refractivity contribution is -0.143. The van der Waals surface area contributed by atoms with Crippen molar-refractivity contribution in [3.63, 3.8) is 0 Å². The highest BCUT2D eigenvalue weighted by Gasteiger charge is 2.46. The minimum atomic E-state index is -5.21. The molecule has 2 rings (SSSR count). The van der Waals surface area contributed by atoms with Crippen LogP contribution < -0.4 is 5.30 Å². The van der Waals surface area contributed by atoms with Gasteiger partial charge in [-0.3, -0.25) is 4.79 Å². The first-order valence-electron chi connectivity index (χ1n) is 7.90. The number of rotatable bonds is 5. The quantitative estimate of drug-likeness (QED) is 0.452. The molecule has 2 nitrogen and oxygen atoms in total. The molecule has 1 unspecified atom stereocenters. The summed E-state index contributed by atoms with van der Waals surface area (Å²) < 4.78 is 93.5. The molecule has 27 heavy (non-hydrogen) atoms. The summed E-state index contributed by atoms with van der Waals surface area (Å²) >= 11 is 0. The molecule has 0 fully saturated rings. The van der Waals surface area contributed by atoms with Crippen LogP contribution in [0.2, 0.25) is 0 Å². The number of carbonyl (C=O) groups excluding carboxylic acids is 1. The van der Waals surface area contributed by atoms with Crippen LogP contribution in [0.4, 0.5) is 26.3 Å². The average Bonchev–Trinajstić information content (AvgIpc) is 2.59. The van der Waals surface area contributed by atoms with Gasteiger partial charge in [-0.05, 0) is 18.6 Å². The predicted octanol–water partition coefficient (Wildman–Crippen LogP) is 5.96. The zero-order valence-electron chi connectivity index (χ0n) is 14.1. The van der Waals surface area contributed by atoms with E-state index in [2.05, 4.69) is 0 Å². The minimum absolute atomic E-state index is 0.0676. The molecular formula is C18H15F6O2P. The monoisotopic (exact) mass is 408 g/mol. The molecule has 0 aromatic heterocycles. The number of carbonyl (C=O) groups is 1. The Labute approximate surface area is 151 Å². The van der Waals surface area contributed by atoms with Crippen LogP contribution in [0.5, 0.6) is 0 Å². The Hall–Kier alpha value is -2.08. The van der Waals surface area contributed by atoms with Crippen LogP contribution >= 0.6 is 7.14 Å². The van der Waals surface area contributed by atoms with E-state index in [0.717, 1.165) is 0 Å². The summed E-state index contributed by atoms with van der Waals surface area (Å²) in [6.07, 6.45) is -10.6. The molecule has 0 saturated carbocycles. The van der Waals surface area contributed by atoms with Crippen LogP contribution in [0.25, 0.3) is 0 Å². The third-order valence-corrected chi connectivity index (χ3v) is 7.02. The van der Waals surface area contributed by atoms with E-state index in [0.29, 0.717) is 18.2 Å². The number of halogens is 6. The molecule has 0 aliphatic rings. The van der Waals surface area contributed by atoms with Crippen molar-refractivity contribution in [1.82, 2.24) is 0 Å². The van der Waals surface area contributed by atoms with E-state index in [1.165, 1.54) is 30.3 Å². The molecule has 1 atom stereocenters. The molecule has 146 valence electrons. The second kappa shape index (κ2) is 7.50. The summed E-state index contributed by atoms with van der Waals surface area (Å²) in [5.74, 6) is 0. The standard InChI is InChI=1S/C18H15F6O2P/c1-2-11-27(26,12-7-4-3-5-8-12)16(25)15-13(17(19,20)21)9-6-10-14(15)18(22,23)24/h3-10H,2,11H2,1H3. The largest absolute Gasteiger partial charge is 0.417 e. The van der Waals surface area contributed by atoms with Crippen molar-refractivity contribution in [2.24, 2.45) is 0 Å². The van der Waals surface area contributed by atoms with Gasteiger partial charge in [-0.2, -0.15) is 26.3 Å². The topological polar surface area (TPSA) is 34.1 Å². The average molecular weight is 408 g/mol. The van der Waals surface area contributed by atoms with Crippen LogP contribution in [0.3, 0.4) is 0 Å². The maximum atomic E-state index is 13.4. The third-order valence-electron chi connectivity index (χ3n) is 3.93. The fraction of sp³-hybridized carbons (Fsp3) is 0.278. The molecule has 0 heterocycles. The number of hydrogen-bond acceptors (Lipinski definition) is 2. The van der Waals surface area contributed by atoms with Gasteiger partial charge in [-0.1, -0.05) is 43.3 Å². The number of benzene rings is 2. The van der Waals surface area contributed by atoms with Gasteiger partial charge >= 0.3 is 12.4 Å². The normalized spacial score (nSPS) is 14.6. The Morgan fingerprint density at radius 1 is 0.852 bits per heavy atom. The van der Waals surface area contributed by atoms with Crippen LogP contribution in [0.15, 0.2) is 48.5 Å². The van der Waals surface area contributed by atoms with Gasteiger partial charge < -0.3 is 4.57 Å². The van der Waals surface area contributed by atoms with Crippen molar-refractivity contribution >= 4 is 18.0 Å². The van der Waals surface area contributed by atoms with Gasteiger partial charge in [0.2, 0.25) is 5.52 Å². The van der Waals surface area contributed by atoms with E-state index >= 15 is 0 Å². The first-order valence-corrected chi connectivity index (χ1v) is 9.79. The van der Waals surface area contributed by atoms with E-state index in [9.17, 15) is 35.7 Å². The Kier molecular flexibility index (Phi) is 5.90. The molecule has 0 amide bonds. The van der Waals surface area contributed by atoms with Crippen molar-refractivity contribution in [3.8, 4) is 0 Å². The molecule has 9 heteroatoms. The van der Waals surface area contributed by atoms with Gasteiger partial charge in [0.1, 0.15) is 0 Å². The SMILES string of the molecule is CCCP(=O)(C(=O)c1c(C(F)(F)F)cccc1C(F)(F)F)c1ccccc1. The molecule has 2 aromatic rings. The van der Waals surface area contributed by atoms with E-state index in [-0.39, 0.29) is 17.9 Å². The van der Waals surface area contributed by atoms with Crippen molar-refractivity contribution in [1.29, 1.82) is 0 Å². The maximum absolute atomic E-state index is 13.4. The first kappa shape index (κ1) is 21.2. The van der Waals surface area contributed by atoms with Crippen LogP contribution in [0, 0.1) is 0 Å². The van der Waals surface area contributed by atoms with Crippen molar-refractivity contribution in [3.05, 3.63) is 65.2 Å². The van der Waals surface area contributed by atoms with Gasteiger partial charge in [-0.15, -0.1) is 0 Å². The highest BCUT2D eigenvalue weighted by Crippen LogP contribution is 2.52. The van der Waals surface area contributed by atoms with Gasteiger partial charge in [0.05, 0.1) is 16.7 Å². The second-order valence-electron chi connectivity index (χ2n) is 5.83. The summed E-state index contributed by atoms with van der Waals surface area (Å²) in [6.45, 7) is 1.54. The Bertz CT molecular complexity index is 839. The molecule has 0 saturated heterocycles. The lowest BCUT2D eigenvalue weighted by Crippen LogP contribution is -2.23. The molecule has 0 radical (unpaired) electrons. The summed E-state index contributed by atoms with van der Waals surface area (Å²) in [5, 5.41) is -0.0676. The molecule has 0 spiro atoms. The molecule has 0 N–H and O–H groups in total. The summed E-state index contributed by atoms with van der Waals surface area (Å²) in [4.78, 5) is 12.9. The lowest BCUT2D eigenvalue weighted by Gasteiger charge is -2.22. The van der Waals surface area contributed by atoms with E-state index in [1.54, 1.807) is 6.92 Å². The fourth-order valence-electron chi connectivity index (χ4n) is 2.77. The summed E-state index contributed by atoms with van der Waals surface area (Å²) in [5.41, 5.74) is -6.70. The molecule has 0 bridgehead atoms. The Morgan fingerprint density at radius 3 is 1.74 bits per heavy atom. The number of hydrogen-bond donors (Lipinski definition) is 0. The lowest BCUT2D eigenvalue weighted by atomic mass is 10.0. The third kappa shape index (κ3) is 4.26. The molecular weight excluding hydrogens is 393 g/mol. The van der Waals surface area contributed by atoms with Crippen LogP contribution in [-0.2, 0) is 16.9 Å². The van der Waals surface area contributed by atoms with Crippen molar-refractivity contribution in [2.45, 2.75) is 25.7 Å². The molecule has 2 aromatic carbocycles. The Morgan fingerprint density at radius 2 is 1.33 bits per heavy atom. The predicted molar refractivity (Wildman–Crippen MR) is 89.6 cm³/mol. The highest BCUT2D eigenvalue weighted by molar-refractivity contribution is 7.87. The van der Waals surface area contributed by atoms with Gasteiger partial charge in [0.15, 0.2) is 7.14 Å². The Balaban J connectivity index is 2.82. The van der Waals surface area contributed by atoms with E-state index < -0.39 is 41.7 Å². The van der Waals surface area contributed by atoms with Gasteiger partial charge in [0, 0.05) is 11.5 Å². The van der Waals surface area contributed by atoms with E-state index in [4.69, 9.17) is 0 Å². The molecule has 0 aliphatic carbocycles. The smallest absolute Gasteiger partial charge is 0.310 e. The summed E-state index contributed by atoms with van der Waals surface area (Å²) in [7, 11) is -4.22. The second-order valence-corrected chi connectivity index (χ2v) is 8.68. The first-order chi connectivity index (χ1) is 12.4. The number of alkyl halides is 6. The van der Waals surface area contributed by atoms with Crippen molar-refractivity contribution in [2.75, 3.05) is 6.16 Å². The summed E-state index contributed by atoms with van der Waals surface area (Å²) in [6, 6.07) is 8.30.